The molecule has 0 amide bonds. The summed E-state index contributed by atoms with van der Waals surface area (Å²) in [5, 5.41) is 4.31. The van der Waals surface area contributed by atoms with Crippen LogP contribution in [-0.4, -0.2) is 9.78 Å². The normalized spacial score (nSPS) is 10.6. The third-order valence-corrected chi connectivity index (χ3v) is 2.57. The quantitative estimate of drug-likeness (QED) is 0.769. The van der Waals surface area contributed by atoms with Gasteiger partial charge in [-0.15, -0.1) is 0 Å². The number of hydrogen-bond acceptors (Lipinski definition) is 2. The second kappa shape index (κ2) is 3.42. The van der Waals surface area contributed by atoms with Gasteiger partial charge in [-0.3, -0.25) is 4.68 Å². The molecular weight excluding hydrogens is 186 g/mol. The number of rotatable bonds is 1. The summed E-state index contributed by atoms with van der Waals surface area (Å²) in [5.41, 5.74) is 10.4. The van der Waals surface area contributed by atoms with Gasteiger partial charge >= 0.3 is 0 Å². The molecular formula is C12H15N3. The molecule has 1 aromatic carbocycles. The van der Waals surface area contributed by atoms with E-state index in [9.17, 15) is 0 Å². The van der Waals surface area contributed by atoms with E-state index in [-0.39, 0.29) is 0 Å². The third-order valence-electron chi connectivity index (χ3n) is 2.57. The van der Waals surface area contributed by atoms with Gasteiger partial charge in [-0.2, -0.15) is 5.10 Å². The number of nitrogens with two attached hydrogens (primary N) is 1. The van der Waals surface area contributed by atoms with E-state index >= 15 is 0 Å². The van der Waals surface area contributed by atoms with Crippen molar-refractivity contribution in [2.45, 2.75) is 13.8 Å². The summed E-state index contributed by atoms with van der Waals surface area (Å²) >= 11 is 0. The van der Waals surface area contributed by atoms with Gasteiger partial charge in [-0.05, 0) is 19.4 Å². The van der Waals surface area contributed by atoms with Crippen molar-refractivity contribution < 1.29 is 0 Å². The van der Waals surface area contributed by atoms with Gasteiger partial charge in [0, 0.05) is 12.6 Å². The lowest BCUT2D eigenvalue weighted by Crippen LogP contribution is -1.98. The first-order valence-electron chi connectivity index (χ1n) is 4.95. The SMILES string of the molecule is Cc1cccc(-c2c(C)nn(C)c2N)c1. The molecule has 2 aromatic rings. The molecule has 78 valence electrons. The van der Waals surface area contributed by atoms with Gasteiger partial charge in [-0.25, -0.2) is 0 Å². The third kappa shape index (κ3) is 1.61. The zero-order valence-corrected chi connectivity index (χ0v) is 9.28. The van der Waals surface area contributed by atoms with E-state index in [1.54, 1.807) is 4.68 Å². The molecule has 0 aliphatic carbocycles. The van der Waals surface area contributed by atoms with Gasteiger partial charge in [0.25, 0.3) is 0 Å². The van der Waals surface area contributed by atoms with Crippen LogP contribution in [0.3, 0.4) is 0 Å². The predicted molar refractivity (Wildman–Crippen MR) is 62.5 cm³/mol. The van der Waals surface area contributed by atoms with Crippen molar-refractivity contribution >= 4 is 5.82 Å². The Kier molecular flexibility index (Phi) is 2.23. The minimum Gasteiger partial charge on any atom is -0.383 e. The van der Waals surface area contributed by atoms with Crippen molar-refractivity contribution in [1.29, 1.82) is 0 Å². The molecule has 0 fully saturated rings. The Balaban J connectivity index is 2.63. The summed E-state index contributed by atoms with van der Waals surface area (Å²) < 4.78 is 1.72. The number of aryl methyl sites for hydroxylation is 3. The van der Waals surface area contributed by atoms with Gasteiger partial charge in [0.05, 0.1) is 5.69 Å². The summed E-state index contributed by atoms with van der Waals surface area (Å²) in [7, 11) is 1.86. The van der Waals surface area contributed by atoms with Gasteiger partial charge in [0.15, 0.2) is 0 Å². The molecule has 1 aromatic heterocycles. The lowest BCUT2D eigenvalue weighted by atomic mass is 10.0. The average Bonchev–Trinajstić information content (AvgIpc) is 2.41. The van der Waals surface area contributed by atoms with Crippen LogP contribution in [0.15, 0.2) is 24.3 Å². The van der Waals surface area contributed by atoms with Crippen LogP contribution in [0.1, 0.15) is 11.3 Å². The maximum absolute atomic E-state index is 5.99. The Hall–Kier alpha value is -1.77. The fraction of sp³-hybridized carbons (Fsp3) is 0.250. The Labute approximate surface area is 89.5 Å². The molecule has 2 N–H and O–H groups in total. The number of nitrogen functional groups attached to an aromatic ring is 1. The van der Waals surface area contributed by atoms with Crippen LogP contribution in [0.25, 0.3) is 11.1 Å². The highest BCUT2D eigenvalue weighted by Crippen LogP contribution is 2.28. The monoisotopic (exact) mass is 201 g/mol. The summed E-state index contributed by atoms with van der Waals surface area (Å²) in [6.07, 6.45) is 0. The molecule has 0 atom stereocenters. The molecule has 0 bridgehead atoms. The molecule has 0 aliphatic heterocycles. The Morgan fingerprint density at radius 3 is 2.53 bits per heavy atom. The van der Waals surface area contributed by atoms with E-state index in [0.29, 0.717) is 0 Å². The summed E-state index contributed by atoms with van der Waals surface area (Å²) in [6.45, 7) is 4.05. The second-order valence-corrected chi connectivity index (χ2v) is 3.84. The molecule has 0 aliphatic rings. The second-order valence-electron chi connectivity index (χ2n) is 3.84. The summed E-state index contributed by atoms with van der Waals surface area (Å²) in [6, 6.07) is 8.30. The van der Waals surface area contributed by atoms with Crippen molar-refractivity contribution in [2.75, 3.05) is 5.73 Å². The first-order chi connectivity index (χ1) is 7.09. The number of aromatic nitrogens is 2. The molecule has 0 spiro atoms. The standard InChI is InChI=1S/C12H15N3/c1-8-5-4-6-10(7-8)11-9(2)14-15(3)12(11)13/h4-7H,13H2,1-3H3. The Bertz CT molecular complexity index is 498. The number of anilines is 1. The van der Waals surface area contributed by atoms with Gasteiger partial charge in [-0.1, -0.05) is 29.8 Å². The van der Waals surface area contributed by atoms with Crippen molar-refractivity contribution in [3.8, 4) is 11.1 Å². The van der Waals surface area contributed by atoms with Crippen molar-refractivity contribution in [2.24, 2.45) is 7.05 Å². The van der Waals surface area contributed by atoms with E-state index in [4.69, 9.17) is 5.73 Å². The molecule has 0 radical (unpaired) electrons. The van der Waals surface area contributed by atoms with Crippen LogP contribution in [0.4, 0.5) is 5.82 Å². The first kappa shape index (κ1) is 9.77. The maximum Gasteiger partial charge on any atom is 0.129 e. The maximum atomic E-state index is 5.99. The molecule has 3 heteroatoms. The lowest BCUT2D eigenvalue weighted by molar-refractivity contribution is 0.767. The number of nitrogens with zero attached hydrogens (tertiary/aromatic N) is 2. The zero-order chi connectivity index (χ0) is 11.0. The van der Waals surface area contributed by atoms with E-state index in [1.165, 1.54) is 5.56 Å². The van der Waals surface area contributed by atoms with Crippen molar-refractivity contribution in [3.05, 3.63) is 35.5 Å². The highest BCUT2D eigenvalue weighted by atomic mass is 15.3. The van der Waals surface area contributed by atoms with E-state index < -0.39 is 0 Å². The Morgan fingerprint density at radius 1 is 1.27 bits per heavy atom. The number of hydrogen-bond donors (Lipinski definition) is 1. The van der Waals surface area contributed by atoms with E-state index in [1.807, 2.05) is 20.0 Å². The largest absolute Gasteiger partial charge is 0.383 e. The topological polar surface area (TPSA) is 43.8 Å². The van der Waals surface area contributed by atoms with Gasteiger partial charge in [0.2, 0.25) is 0 Å². The van der Waals surface area contributed by atoms with Crippen molar-refractivity contribution in [1.82, 2.24) is 9.78 Å². The summed E-state index contributed by atoms with van der Waals surface area (Å²) in [4.78, 5) is 0. The molecule has 0 saturated carbocycles. The molecule has 1 heterocycles. The molecule has 2 rings (SSSR count). The summed E-state index contributed by atoms with van der Waals surface area (Å²) in [5.74, 6) is 0.720. The lowest BCUT2D eigenvalue weighted by Gasteiger charge is -2.02. The number of benzene rings is 1. The van der Waals surface area contributed by atoms with E-state index in [0.717, 1.165) is 22.6 Å². The molecule has 15 heavy (non-hydrogen) atoms. The highest BCUT2D eigenvalue weighted by molar-refractivity contribution is 5.76. The van der Waals surface area contributed by atoms with Gasteiger partial charge < -0.3 is 5.73 Å². The predicted octanol–water partition coefficient (Wildman–Crippen LogP) is 2.29. The highest BCUT2D eigenvalue weighted by Gasteiger charge is 2.11. The fourth-order valence-electron chi connectivity index (χ4n) is 1.83. The fourth-order valence-corrected chi connectivity index (χ4v) is 1.83. The molecule has 3 nitrogen and oxygen atoms in total. The van der Waals surface area contributed by atoms with Crippen LogP contribution in [-0.2, 0) is 7.05 Å². The van der Waals surface area contributed by atoms with Crippen LogP contribution in [0, 0.1) is 13.8 Å². The van der Waals surface area contributed by atoms with Crippen LogP contribution < -0.4 is 5.73 Å². The average molecular weight is 201 g/mol. The smallest absolute Gasteiger partial charge is 0.129 e. The van der Waals surface area contributed by atoms with Crippen LogP contribution >= 0.6 is 0 Å². The minimum absolute atomic E-state index is 0.720. The first-order valence-corrected chi connectivity index (χ1v) is 4.95. The zero-order valence-electron chi connectivity index (χ0n) is 9.28. The Morgan fingerprint density at radius 2 is 2.00 bits per heavy atom. The van der Waals surface area contributed by atoms with Gasteiger partial charge in [0.1, 0.15) is 5.82 Å². The van der Waals surface area contributed by atoms with Crippen LogP contribution in [0.5, 0.6) is 0 Å². The molecule has 0 saturated heterocycles. The van der Waals surface area contributed by atoms with Crippen LogP contribution in [0.2, 0.25) is 0 Å². The van der Waals surface area contributed by atoms with Crippen molar-refractivity contribution in [3.63, 3.8) is 0 Å². The van der Waals surface area contributed by atoms with E-state index in [2.05, 4.69) is 30.2 Å². The minimum atomic E-state index is 0.720. The molecule has 0 unspecified atom stereocenters.